The van der Waals surface area contributed by atoms with Crippen LogP contribution in [0.4, 0.5) is 0 Å². The molecular weight excluding hydrogens is 248 g/mol. The van der Waals surface area contributed by atoms with Gasteiger partial charge in [-0.25, -0.2) is 0 Å². The van der Waals surface area contributed by atoms with Crippen LogP contribution in [0.5, 0.6) is 0 Å². The lowest BCUT2D eigenvalue weighted by atomic mass is 9.93. The third kappa shape index (κ3) is 2.45. The third-order valence-corrected chi connectivity index (χ3v) is 3.81. The minimum absolute atomic E-state index is 0.0215. The average Bonchev–Trinajstić information content (AvgIpc) is 2.49. The molecule has 1 atom stereocenters. The van der Waals surface area contributed by atoms with E-state index in [-0.39, 0.29) is 11.9 Å². The number of amides is 1. The molecule has 0 aliphatic carbocycles. The smallest absolute Gasteiger partial charge is 0.251 e. The molecule has 3 heteroatoms. The fourth-order valence-electron chi connectivity index (χ4n) is 2.70. The van der Waals surface area contributed by atoms with Crippen molar-refractivity contribution in [3.8, 4) is 0 Å². The van der Waals surface area contributed by atoms with Crippen molar-refractivity contribution < 1.29 is 4.79 Å². The van der Waals surface area contributed by atoms with E-state index < -0.39 is 0 Å². The molecule has 2 aromatic rings. The number of carbonyl (C=O) groups is 1. The zero-order valence-corrected chi connectivity index (χ0v) is 11.5. The van der Waals surface area contributed by atoms with Crippen LogP contribution in [-0.2, 0) is 6.54 Å². The molecule has 0 saturated carbocycles. The summed E-state index contributed by atoms with van der Waals surface area (Å²) in [6.45, 7) is 3.76. The highest BCUT2D eigenvalue weighted by Gasteiger charge is 2.22. The highest BCUT2D eigenvalue weighted by molar-refractivity contribution is 5.94. The van der Waals surface area contributed by atoms with Gasteiger partial charge in [0.05, 0.1) is 6.04 Å². The molecule has 3 rings (SSSR count). The Hall–Kier alpha value is -2.13. The maximum Gasteiger partial charge on any atom is 0.251 e. The summed E-state index contributed by atoms with van der Waals surface area (Å²) < 4.78 is 0. The maximum absolute atomic E-state index is 12.3. The lowest BCUT2D eigenvalue weighted by Crippen LogP contribution is -2.39. The number of hydrogen-bond acceptors (Lipinski definition) is 2. The number of hydrogen-bond donors (Lipinski definition) is 2. The summed E-state index contributed by atoms with van der Waals surface area (Å²) in [4.78, 5) is 12.3. The van der Waals surface area contributed by atoms with E-state index in [0.717, 1.165) is 13.1 Å². The lowest BCUT2D eigenvalue weighted by Gasteiger charge is -2.28. The first-order valence-corrected chi connectivity index (χ1v) is 6.91. The fourth-order valence-corrected chi connectivity index (χ4v) is 2.70. The molecule has 102 valence electrons. The number of benzene rings is 2. The van der Waals surface area contributed by atoms with Crippen LogP contribution < -0.4 is 10.6 Å². The fraction of sp³-hybridized carbons (Fsp3) is 0.235. The monoisotopic (exact) mass is 266 g/mol. The number of carbonyl (C=O) groups excluding carboxylic acids is 1. The highest BCUT2D eigenvalue weighted by Crippen LogP contribution is 2.24. The summed E-state index contributed by atoms with van der Waals surface area (Å²) >= 11 is 0. The summed E-state index contributed by atoms with van der Waals surface area (Å²) in [6, 6.07) is 15.7. The van der Waals surface area contributed by atoms with E-state index in [1.807, 2.05) is 30.3 Å². The van der Waals surface area contributed by atoms with E-state index in [1.165, 1.54) is 16.7 Å². The Balaban J connectivity index is 1.84. The SMILES string of the molecule is Cc1cccc2c1CNCC2NC(=O)c1ccccc1. The van der Waals surface area contributed by atoms with Crippen molar-refractivity contribution in [2.75, 3.05) is 6.54 Å². The lowest BCUT2D eigenvalue weighted by molar-refractivity contribution is 0.0934. The quantitative estimate of drug-likeness (QED) is 0.877. The Morgan fingerprint density at radius 1 is 1.15 bits per heavy atom. The van der Waals surface area contributed by atoms with E-state index in [4.69, 9.17) is 0 Å². The molecule has 0 bridgehead atoms. The molecule has 1 amide bonds. The van der Waals surface area contributed by atoms with Gasteiger partial charge in [-0.05, 0) is 35.7 Å². The van der Waals surface area contributed by atoms with Crippen LogP contribution in [0.3, 0.4) is 0 Å². The van der Waals surface area contributed by atoms with Gasteiger partial charge in [-0.2, -0.15) is 0 Å². The molecule has 1 unspecified atom stereocenters. The zero-order valence-electron chi connectivity index (χ0n) is 11.5. The number of fused-ring (bicyclic) bond motifs is 1. The topological polar surface area (TPSA) is 41.1 Å². The highest BCUT2D eigenvalue weighted by atomic mass is 16.1. The summed E-state index contributed by atoms with van der Waals surface area (Å²) in [5.41, 5.74) is 4.51. The van der Waals surface area contributed by atoms with Gasteiger partial charge >= 0.3 is 0 Å². The molecule has 1 aliphatic heterocycles. The van der Waals surface area contributed by atoms with Gasteiger partial charge in [0.1, 0.15) is 0 Å². The summed E-state index contributed by atoms with van der Waals surface area (Å²) in [5, 5.41) is 6.49. The molecule has 1 heterocycles. The summed E-state index contributed by atoms with van der Waals surface area (Å²) in [7, 11) is 0. The second-order valence-corrected chi connectivity index (χ2v) is 5.17. The van der Waals surface area contributed by atoms with E-state index in [9.17, 15) is 4.79 Å². The van der Waals surface area contributed by atoms with Crippen LogP contribution in [0.25, 0.3) is 0 Å². The van der Waals surface area contributed by atoms with Crippen LogP contribution in [0, 0.1) is 6.92 Å². The third-order valence-electron chi connectivity index (χ3n) is 3.81. The molecule has 0 radical (unpaired) electrons. The Labute approximate surface area is 119 Å². The molecule has 2 N–H and O–H groups in total. The predicted octanol–water partition coefficient (Wildman–Crippen LogP) is 2.57. The standard InChI is InChI=1S/C17H18N2O/c1-12-6-5-9-14-15(12)10-18-11-16(14)19-17(20)13-7-3-2-4-8-13/h2-9,16,18H,10-11H2,1H3,(H,19,20). The van der Waals surface area contributed by atoms with Crippen LogP contribution in [0.2, 0.25) is 0 Å². The first-order valence-electron chi connectivity index (χ1n) is 6.91. The molecule has 2 aromatic carbocycles. The van der Waals surface area contributed by atoms with Crippen molar-refractivity contribution in [3.05, 3.63) is 70.8 Å². The normalized spacial score (nSPS) is 17.4. The first-order chi connectivity index (χ1) is 9.75. The molecule has 0 spiro atoms. The minimum atomic E-state index is -0.0215. The molecule has 3 nitrogen and oxygen atoms in total. The van der Waals surface area contributed by atoms with Crippen molar-refractivity contribution in [1.29, 1.82) is 0 Å². The predicted molar refractivity (Wildman–Crippen MR) is 79.5 cm³/mol. The summed E-state index contributed by atoms with van der Waals surface area (Å²) in [5.74, 6) is -0.0215. The Morgan fingerprint density at radius 2 is 1.95 bits per heavy atom. The molecule has 20 heavy (non-hydrogen) atoms. The molecule has 0 fully saturated rings. The molecule has 0 saturated heterocycles. The zero-order chi connectivity index (χ0) is 13.9. The molecule has 0 aromatic heterocycles. The minimum Gasteiger partial charge on any atom is -0.344 e. The Bertz CT molecular complexity index is 622. The van der Waals surface area contributed by atoms with Crippen molar-refractivity contribution in [2.45, 2.75) is 19.5 Å². The van der Waals surface area contributed by atoms with E-state index >= 15 is 0 Å². The second-order valence-electron chi connectivity index (χ2n) is 5.17. The van der Waals surface area contributed by atoms with Gasteiger partial charge in [0.2, 0.25) is 0 Å². The number of aryl methyl sites for hydroxylation is 1. The maximum atomic E-state index is 12.3. The van der Waals surface area contributed by atoms with Crippen LogP contribution >= 0.6 is 0 Å². The van der Waals surface area contributed by atoms with Crippen LogP contribution in [-0.4, -0.2) is 12.5 Å². The van der Waals surface area contributed by atoms with Gasteiger partial charge in [0.15, 0.2) is 0 Å². The van der Waals surface area contributed by atoms with Crippen LogP contribution in [0.1, 0.15) is 33.1 Å². The van der Waals surface area contributed by atoms with Gasteiger partial charge in [-0.3, -0.25) is 4.79 Å². The van der Waals surface area contributed by atoms with E-state index in [1.54, 1.807) is 0 Å². The molecule has 1 aliphatic rings. The van der Waals surface area contributed by atoms with E-state index in [0.29, 0.717) is 5.56 Å². The largest absolute Gasteiger partial charge is 0.344 e. The van der Waals surface area contributed by atoms with E-state index in [2.05, 4.69) is 35.8 Å². The number of nitrogens with one attached hydrogen (secondary N) is 2. The van der Waals surface area contributed by atoms with Crippen molar-refractivity contribution in [3.63, 3.8) is 0 Å². The number of rotatable bonds is 2. The average molecular weight is 266 g/mol. The van der Waals surface area contributed by atoms with Gasteiger partial charge in [0.25, 0.3) is 5.91 Å². The first kappa shape index (κ1) is 12.9. The van der Waals surface area contributed by atoms with Gasteiger partial charge in [-0.1, -0.05) is 36.4 Å². The van der Waals surface area contributed by atoms with Crippen molar-refractivity contribution in [1.82, 2.24) is 10.6 Å². The Morgan fingerprint density at radius 3 is 2.75 bits per heavy atom. The molecular formula is C17H18N2O. The summed E-state index contributed by atoms with van der Waals surface area (Å²) in [6.07, 6.45) is 0. The van der Waals surface area contributed by atoms with Gasteiger partial charge in [0, 0.05) is 18.7 Å². The van der Waals surface area contributed by atoms with Gasteiger partial charge in [-0.15, -0.1) is 0 Å². The van der Waals surface area contributed by atoms with Gasteiger partial charge < -0.3 is 10.6 Å². The van der Waals surface area contributed by atoms with Crippen molar-refractivity contribution in [2.24, 2.45) is 0 Å². The van der Waals surface area contributed by atoms with Crippen LogP contribution in [0.15, 0.2) is 48.5 Å². The van der Waals surface area contributed by atoms with Crippen molar-refractivity contribution >= 4 is 5.91 Å². The second kappa shape index (κ2) is 5.47. The Kier molecular flexibility index (Phi) is 3.52.